The molecule has 1 heterocycles. The van der Waals surface area contributed by atoms with Crippen LogP contribution in [0.4, 0.5) is 5.69 Å². The van der Waals surface area contributed by atoms with Gasteiger partial charge in [-0.15, -0.1) is 11.3 Å². The van der Waals surface area contributed by atoms with Gasteiger partial charge in [0.2, 0.25) is 15.9 Å². The van der Waals surface area contributed by atoms with Crippen LogP contribution in [-0.2, 0) is 14.8 Å². The van der Waals surface area contributed by atoms with Crippen molar-refractivity contribution in [1.29, 1.82) is 0 Å². The van der Waals surface area contributed by atoms with Gasteiger partial charge in [0.25, 0.3) is 0 Å². The Morgan fingerprint density at radius 3 is 2.31 bits per heavy atom. The molecular formula is C19H24N2O3S2. The van der Waals surface area contributed by atoms with E-state index in [2.05, 4.69) is 5.32 Å². The summed E-state index contributed by atoms with van der Waals surface area (Å²) in [5.41, 5.74) is 0.558. The van der Waals surface area contributed by atoms with E-state index in [9.17, 15) is 13.2 Å². The zero-order valence-electron chi connectivity index (χ0n) is 15.0. The fourth-order valence-corrected chi connectivity index (χ4v) is 4.68. The summed E-state index contributed by atoms with van der Waals surface area (Å²) in [5, 5.41) is 4.67. The van der Waals surface area contributed by atoms with Crippen LogP contribution in [0.15, 0.2) is 52.7 Å². The summed E-state index contributed by atoms with van der Waals surface area (Å²) < 4.78 is 26.9. The van der Waals surface area contributed by atoms with Crippen molar-refractivity contribution >= 4 is 39.0 Å². The average molecular weight is 393 g/mol. The predicted octanol–water partition coefficient (Wildman–Crippen LogP) is 4.21. The molecule has 5 nitrogen and oxygen atoms in total. The lowest BCUT2D eigenvalue weighted by atomic mass is 10.3. The molecular weight excluding hydrogens is 368 g/mol. The van der Waals surface area contributed by atoms with Gasteiger partial charge < -0.3 is 5.32 Å². The van der Waals surface area contributed by atoms with Gasteiger partial charge in [-0.1, -0.05) is 19.9 Å². The second-order valence-corrected chi connectivity index (χ2v) is 8.68. The maximum absolute atomic E-state index is 12.7. The standard InChI is InChI=1S/C19H24N2O3S2/c1-3-13-21(14-4-2)26(23,24)18-10-7-16(8-11-18)20-19(22)12-9-17-6-5-15-25-17/h5-12,15H,3-4,13-14H2,1-2H3,(H,20,22). The highest BCUT2D eigenvalue weighted by molar-refractivity contribution is 7.89. The van der Waals surface area contributed by atoms with Crippen molar-refractivity contribution in [3.05, 3.63) is 52.7 Å². The van der Waals surface area contributed by atoms with Crippen LogP contribution in [0.1, 0.15) is 31.6 Å². The molecule has 0 fully saturated rings. The van der Waals surface area contributed by atoms with Crippen molar-refractivity contribution in [2.75, 3.05) is 18.4 Å². The number of anilines is 1. The molecule has 140 valence electrons. The van der Waals surface area contributed by atoms with Gasteiger partial charge in [0.15, 0.2) is 0 Å². The van der Waals surface area contributed by atoms with E-state index >= 15 is 0 Å². The second-order valence-electron chi connectivity index (χ2n) is 5.77. The summed E-state index contributed by atoms with van der Waals surface area (Å²) in [6, 6.07) is 10.1. The van der Waals surface area contributed by atoms with Gasteiger partial charge in [-0.25, -0.2) is 8.42 Å². The quantitative estimate of drug-likeness (QED) is 0.650. The van der Waals surface area contributed by atoms with E-state index in [1.807, 2.05) is 31.4 Å². The molecule has 2 aromatic rings. The Balaban J connectivity index is 2.06. The topological polar surface area (TPSA) is 66.5 Å². The maximum atomic E-state index is 12.7. The van der Waals surface area contributed by atoms with E-state index in [4.69, 9.17) is 0 Å². The second kappa shape index (κ2) is 9.66. The molecule has 1 N–H and O–H groups in total. The number of sulfonamides is 1. The van der Waals surface area contributed by atoms with Crippen LogP contribution in [0.5, 0.6) is 0 Å². The minimum Gasteiger partial charge on any atom is -0.323 e. The van der Waals surface area contributed by atoms with Crippen LogP contribution in [-0.4, -0.2) is 31.7 Å². The van der Waals surface area contributed by atoms with Crippen molar-refractivity contribution < 1.29 is 13.2 Å². The first-order chi connectivity index (χ1) is 12.5. The number of hydrogen-bond acceptors (Lipinski definition) is 4. The van der Waals surface area contributed by atoms with E-state index in [-0.39, 0.29) is 10.8 Å². The van der Waals surface area contributed by atoms with Gasteiger partial charge in [0.05, 0.1) is 4.90 Å². The number of nitrogens with zero attached hydrogens (tertiary/aromatic N) is 1. The van der Waals surface area contributed by atoms with E-state index in [1.165, 1.54) is 22.5 Å². The Morgan fingerprint density at radius 2 is 1.77 bits per heavy atom. The monoisotopic (exact) mass is 392 g/mol. The molecule has 1 aromatic heterocycles. The summed E-state index contributed by atoms with van der Waals surface area (Å²) in [6.45, 7) is 4.92. The third kappa shape index (κ3) is 5.52. The Morgan fingerprint density at radius 1 is 1.12 bits per heavy atom. The molecule has 0 radical (unpaired) electrons. The molecule has 2 rings (SSSR count). The van der Waals surface area contributed by atoms with Crippen LogP contribution in [0, 0.1) is 0 Å². The molecule has 7 heteroatoms. The Labute approximate surface area is 159 Å². The average Bonchev–Trinajstić information content (AvgIpc) is 3.14. The third-order valence-corrected chi connectivity index (χ3v) is 6.40. The first kappa shape index (κ1) is 20.4. The van der Waals surface area contributed by atoms with Crippen LogP contribution >= 0.6 is 11.3 Å². The van der Waals surface area contributed by atoms with Gasteiger partial charge in [0.1, 0.15) is 0 Å². The molecule has 0 saturated heterocycles. The Bertz CT molecular complexity index is 820. The summed E-state index contributed by atoms with van der Waals surface area (Å²) in [7, 11) is -3.50. The van der Waals surface area contributed by atoms with Crippen molar-refractivity contribution in [1.82, 2.24) is 4.31 Å². The van der Waals surface area contributed by atoms with Crippen molar-refractivity contribution in [2.45, 2.75) is 31.6 Å². The molecule has 0 aliphatic carbocycles. The van der Waals surface area contributed by atoms with Crippen molar-refractivity contribution in [2.24, 2.45) is 0 Å². The lowest BCUT2D eigenvalue weighted by Gasteiger charge is -2.21. The number of carbonyl (C=O) groups excluding carboxylic acids is 1. The van der Waals surface area contributed by atoms with Crippen LogP contribution in [0.2, 0.25) is 0 Å². The zero-order chi connectivity index (χ0) is 19.0. The number of carbonyl (C=O) groups is 1. The molecule has 0 unspecified atom stereocenters. The number of thiophene rings is 1. The highest BCUT2D eigenvalue weighted by atomic mass is 32.2. The van der Waals surface area contributed by atoms with Gasteiger partial charge in [0, 0.05) is 29.7 Å². The maximum Gasteiger partial charge on any atom is 0.248 e. The summed E-state index contributed by atoms with van der Waals surface area (Å²) in [4.78, 5) is 13.2. The van der Waals surface area contributed by atoms with Gasteiger partial charge in [-0.05, 0) is 54.6 Å². The highest BCUT2D eigenvalue weighted by Gasteiger charge is 2.22. The van der Waals surface area contributed by atoms with Gasteiger partial charge in [-0.3, -0.25) is 4.79 Å². The summed E-state index contributed by atoms with van der Waals surface area (Å²) >= 11 is 1.55. The number of amides is 1. The minimum absolute atomic E-state index is 0.242. The molecule has 1 aromatic carbocycles. The van der Waals surface area contributed by atoms with Crippen molar-refractivity contribution in [3.63, 3.8) is 0 Å². The fraction of sp³-hybridized carbons (Fsp3) is 0.316. The predicted molar refractivity (Wildman–Crippen MR) is 108 cm³/mol. The Kier molecular flexibility index (Phi) is 7.56. The highest BCUT2D eigenvalue weighted by Crippen LogP contribution is 2.19. The number of nitrogens with one attached hydrogen (secondary N) is 1. The third-order valence-electron chi connectivity index (χ3n) is 3.65. The van der Waals surface area contributed by atoms with E-state index in [0.29, 0.717) is 18.8 Å². The molecule has 0 atom stereocenters. The molecule has 0 saturated carbocycles. The van der Waals surface area contributed by atoms with Crippen LogP contribution in [0.3, 0.4) is 0 Å². The molecule has 0 spiro atoms. The van der Waals surface area contributed by atoms with E-state index in [0.717, 1.165) is 17.7 Å². The fourth-order valence-electron chi connectivity index (χ4n) is 2.44. The SMILES string of the molecule is CCCN(CCC)S(=O)(=O)c1ccc(NC(=O)C=Cc2cccs2)cc1. The normalized spacial score (nSPS) is 12.0. The smallest absolute Gasteiger partial charge is 0.248 e. The van der Waals surface area contributed by atoms with Gasteiger partial charge >= 0.3 is 0 Å². The van der Waals surface area contributed by atoms with E-state index in [1.54, 1.807) is 29.5 Å². The van der Waals surface area contributed by atoms with Gasteiger partial charge in [-0.2, -0.15) is 4.31 Å². The summed E-state index contributed by atoms with van der Waals surface area (Å²) in [5.74, 6) is -0.257. The largest absolute Gasteiger partial charge is 0.323 e. The molecule has 0 aliphatic heterocycles. The molecule has 1 amide bonds. The Hall–Kier alpha value is -1.96. The number of hydrogen-bond donors (Lipinski definition) is 1. The number of rotatable bonds is 9. The lowest BCUT2D eigenvalue weighted by Crippen LogP contribution is -2.32. The number of benzene rings is 1. The molecule has 0 aliphatic rings. The minimum atomic E-state index is -3.50. The van der Waals surface area contributed by atoms with Crippen molar-refractivity contribution in [3.8, 4) is 0 Å². The first-order valence-electron chi connectivity index (χ1n) is 8.60. The molecule has 0 bridgehead atoms. The lowest BCUT2D eigenvalue weighted by molar-refractivity contribution is -0.111. The molecule has 26 heavy (non-hydrogen) atoms. The first-order valence-corrected chi connectivity index (χ1v) is 10.9. The van der Waals surface area contributed by atoms with E-state index < -0.39 is 10.0 Å². The van der Waals surface area contributed by atoms with Crippen LogP contribution in [0.25, 0.3) is 6.08 Å². The summed E-state index contributed by atoms with van der Waals surface area (Å²) in [6.07, 6.45) is 4.74. The zero-order valence-corrected chi connectivity index (χ0v) is 16.6. The van der Waals surface area contributed by atoms with Crippen LogP contribution < -0.4 is 5.32 Å².